The first-order chi connectivity index (χ1) is 16.0. The summed E-state index contributed by atoms with van der Waals surface area (Å²) in [5.74, 6) is 2.83. The summed E-state index contributed by atoms with van der Waals surface area (Å²) < 4.78 is 28.1. The van der Waals surface area contributed by atoms with E-state index in [0.29, 0.717) is 39.5 Å². The zero-order valence-electron chi connectivity index (χ0n) is 19.1. The molecule has 1 heterocycles. The topological polar surface area (TPSA) is 79.2 Å². The van der Waals surface area contributed by atoms with E-state index in [1.165, 1.54) is 0 Å². The second-order valence-corrected chi connectivity index (χ2v) is 7.26. The number of fused-ring (bicyclic) bond motifs is 1. The average Bonchev–Trinajstić information content (AvgIpc) is 3.26. The molecule has 0 saturated heterocycles. The molecule has 7 heteroatoms. The molecule has 0 fully saturated rings. The first-order valence-corrected chi connectivity index (χ1v) is 10.3. The zero-order chi connectivity index (χ0) is 23.5. The lowest BCUT2D eigenvalue weighted by molar-refractivity contribution is 0.0964. The molecule has 4 aromatic rings. The van der Waals surface area contributed by atoms with Crippen LogP contribution >= 0.6 is 0 Å². The van der Waals surface area contributed by atoms with E-state index in [2.05, 4.69) is 5.32 Å². The number of rotatable bonds is 7. The fourth-order valence-corrected chi connectivity index (χ4v) is 3.81. The highest BCUT2D eigenvalue weighted by Crippen LogP contribution is 2.45. The molecule has 33 heavy (non-hydrogen) atoms. The molecule has 3 aromatic carbocycles. The summed E-state index contributed by atoms with van der Waals surface area (Å²) in [5.41, 5.74) is 3.31. The molecule has 0 unspecified atom stereocenters. The smallest absolute Gasteiger partial charge is 0.251 e. The number of furan rings is 1. The quantitative estimate of drug-likeness (QED) is 0.422. The van der Waals surface area contributed by atoms with Gasteiger partial charge in [-0.05, 0) is 48.0 Å². The van der Waals surface area contributed by atoms with E-state index in [-0.39, 0.29) is 5.91 Å². The van der Waals surface area contributed by atoms with Gasteiger partial charge in [0.1, 0.15) is 34.3 Å². The Morgan fingerprint density at radius 1 is 0.727 bits per heavy atom. The van der Waals surface area contributed by atoms with Gasteiger partial charge < -0.3 is 28.7 Å². The second kappa shape index (κ2) is 9.16. The molecule has 0 aliphatic carbocycles. The van der Waals surface area contributed by atoms with Crippen LogP contribution in [-0.4, -0.2) is 41.4 Å². The lowest BCUT2D eigenvalue weighted by Gasteiger charge is -2.11. The highest BCUT2D eigenvalue weighted by atomic mass is 16.5. The Hall–Kier alpha value is -4.13. The maximum absolute atomic E-state index is 12.9. The summed E-state index contributed by atoms with van der Waals surface area (Å²) in [5, 5.41) is 3.37. The SMILES string of the molecule is CNC(=O)c1cc(OC)cc2oc(-c3ccc(OC)cc3)c(-c3cc(OC)cc(OC)c3)c12. The Morgan fingerprint density at radius 3 is 1.85 bits per heavy atom. The van der Waals surface area contributed by atoms with Crippen LogP contribution in [0.1, 0.15) is 10.4 Å². The average molecular weight is 447 g/mol. The van der Waals surface area contributed by atoms with Gasteiger partial charge in [-0.1, -0.05) is 0 Å². The molecular weight excluding hydrogens is 422 g/mol. The van der Waals surface area contributed by atoms with Crippen LogP contribution in [0.15, 0.2) is 59.0 Å². The highest BCUT2D eigenvalue weighted by Gasteiger charge is 2.25. The largest absolute Gasteiger partial charge is 0.497 e. The Kier molecular flexibility index (Phi) is 6.13. The summed E-state index contributed by atoms with van der Waals surface area (Å²) in [6.07, 6.45) is 0. The predicted molar refractivity (Wildman–Crippen MR) is 127 cm³/mol. The normalized spacial score (nSPS) is 10.7. The van der Waals surface area contributed by atoms with Gasteiger partial charge in [0.05, 0.1) is 34.0 Å². The van der Waals surface area contributed by atoms with E-state index >= 15 is 0 Å². The summed E-state index contributed by atoms with van der Waals surface area (Å²) in [6.45, 7) is 0. The van der Waals surface area contributed by atoms with Crippen molar-refractivity contribution >= 4 is 16.9 Å². The van der Waals surface area contributed by atoms with Crippen LogP contribution < -0.4 is 24.3 Å². The van der Waals surface area contributed by atoms with E-state index in [9.17, 15) is 4.79 Å². The maximum Gasteiger partial charge on any atom is 0.251 e. The van der Waals surface area contributed by atoms with Crippen molar-refractivity contribution in [2.45, 2.75) is 0 Å². The van der Waals surface area contributed by atoms with Crippen LogP contribution in [0.4, 0.5) is 0 Å². The molecule has 0 atom stereocenters. The number of hydrogen-bond acceptors (Lipinski definition) is 6. The molecule has 0 aliphatic heterocycles. The van der Waals surface area contributed by atoms with Crippen molar-refractivity contribution in [1.29, 1.82) is 0 Å². The molecule has 0 radical (unpaired) electrons. The molecule has 7 nitrogen and oxygen atoms in total. The van der Waals surface area contributed by atoms with Crippen molar-refractivity contribution in [2.24, 2.45) is 0 Å². The molecular formula is C26H25NO6. The number of benzene rings is 3. The Morgan fingerprint density at radius 2 is 1.30 bits per heavy atom. The van der Waals surface area contributed by atoms with Gasteiger partial charge >= 0.3 is 0 Å². The van der Waals surface area contributed by atoms with Crippen molar-refractivity contribution in [3.63, 3.8) is 0 Å². The first kappa shape index (κ1) is 22.1. The van der Waals surface area contributed by atoms with Crippen LogP contribution in [0.3, 0.4) is 0 Å². The highest BCUT2D eigenvalue weighted by molar-refractivity contribution is 6.14. The third-order valence-corrected chi connectivity index (χ3v) is 5.46. The minimum atomic E-state index is -0.253. The van der Waals surface area contributed by atoms with Gasteiger partial charge in [-0.15, -0.1) is 0 Å². The van der Waals surface area contributed by atoms with E-state index in [4.69, 9.17) is 23.4 Å². The number of methoxy groups -OCH3 is 4. The van der Waals surface area contributed by atoms with Crippen molar-refractivity contribution < 1.29 is 28.2 Å². The Labute approximate surface area is 191 Å². The Balaban J connectivity index is 2.12. The summed E-state index contributed by atoms with van der Waals surface area (Å²) in [6, 6.07) is 16.6. The van der Waals surface area contributed by atoms with Crippen LogP contribution in [-0.2, 0) is 0 Å². The maximum atomic E-state index is 12.9. The van der Waals surface area contributed by atoms with E-state index in [1.54, 1.807) is 53.7 Å². The number of ether oxygens (including phenoxy) is 4. The summed E-state index contributed by atoms with van der Waals surface area (Å²) in [7, 11) is 7.95. The van der Waals surface area contributed by atoms with Gasteiger partial charge in [0.15, 0.2) is 0 Å². The standard InChI is InChI=1S/C26H25NO6/c1-27-26(28)21-13-20(32-5)14-22-24(21)23(16-10-18(30-3)12-19(11-16)31-4)25(33-22)15-6-8-17(29-2)9-7-15/h6-14H,1-5H3,(H,27,28). The third kappa shape index (κ3) is 4.05. The number of nitrogens with one attached hydrogen (secondary N) is 1. The molecule has 1 N–H and O–H groups in total. The number of carbonyl (C=O) groups excluding carboxylic acids is 1. The number of amides is 1. The first-order valence-electron chi connectivity index (χ1n) is 10.3. The van der Waals surface area contributed by atoms with Crippen LogP contribution in [0.2, 0.25) is 0 Å². The van der Waals surface area contributed by atoms with Crippen molar-refractivity contribution in [3.05, 3.63) is 60.2 Å². The van der Waals surface area contributed by atoms with Crippen LogP contribution in [0.25, 0.3) is 33.4 Å². The summed E-state index contributed by atoms with van der Waals surface area (Å²) >= 11 is 0. The van der Waals surface area contributed by atoms with Gasteiger partial charge in [-0.25, -0.2) is 0 Å². The van der Waals surface area contributed by atoms with Crippen LogP contribution in [0.5, 0.6) is 23.0 Å². The fraction of sp³-hybridized carbons (Fsp3) is 0.192. The molecule has 0 bridgehead atoms. The Bertz CT molecular complexity index is 1280. The molecule has 4 rings (SSSR count). The molecule has 1 aromatic heterocycles. The van der Waals surface area contributed by atoms with Crippen molar-refractivity contribution in [1.82, 2.24) is 5.32 Å². The van der Waals surface area contributed by atoms with Gasteiger partial charge in [0.25, 0.3) is 5.91 Å². The van der Waals surface area contributed by atoms with Crippen molar-refractivity contribution in [2.75, 3.05) is 35.5 Å². The molecule has 0 saturated carbocycles. The van der Waals surface area contributed by atoms with Gasteiger partial charge in [-0.2, -0.15) is 0 Å². The number of hydrogen-bond donors (Lipinski definition) is 1. The molecule has 1 amide bonds. The molecule has 170 valence electrons. The van der Waals surface area contributed by atoms with Gasteiger partial charge in [0.2, 0.25) is 0 Å². The lowest BCUT2D eigenvalue weighted by atomic mass is 9.95. The van der Waals surface area contributed by atoms with Crippen LogP contribution in [0, 0.1) is 0 Å². The van der Waals surface area contributed by atoms with Crippen molar-refractivity contribution in [3.8, 4) is 45.4 Å². The van der Waals surface area contributed by atoms with Gasteiger partial charge in [-0.3, -0.25) is 4.79 Å². The van der Waals surface area contributed by atoms with Gasteiger partial charge in [0, 0.05) is 35.7 Å². The monoisotopic (exact) mass is 447 g/mol. The number of carbonyl (C=O) groups is 1. The minimum Gasteiger partial charge on any atom is -0.497 e. The molecule has 0 aliphatic rings. The minimum absolute atomic E-state index is 0.253. The lowest BCUT2D eigenvalue weighted by Crippen LogP contribution is -2.18. The fourth-order valence-electron chi connectivity index (χ4n) is 3.81. The van der Waals surface area contributed by atoms with E-state index in [0.717, 1.165) is 22.4 Å². The zero-order valence-corrected chi connectivity index (χ0v) is 19.1. The second-order valence-electron chi connectivity index (χ2n) is 7.26. The van der Waals surface area contributed by atoms with E-state index in [1.807, 2.05) is 36.4 Å². The third-order valence-electron chi connectivity index (χ3n) is 5.46. The summed E-state index contributed by atoms with van der Waals surface area (Å²) in [4.78, 5) is 12.9. The van der Waals surface area contributed by atoms with E-state index < -0.39 is 0 Å². The predicted octanol–water partition coefficient (Wildman–Crippen LogP) is 5.16. The molecule has 0 spiro atoms.